The molecule has 0 saturated carbocycles. The zero-order valence-corrected chi connectivity index (χ0v) is 8.70. The molecular formula is C11H18N2. The van der Waals surface area contributed by atoms with E-state index >= 15 is 0 Å². The van der Waals surface area contributed by atoms with Gasteiger partial charge in [0.1, 0.15) is 5.82 Å². The first-order valence-electron chi connectivity index (χ1n) is 5.03. The van der Waals surface area contributed by atoms with Gasteiger partial charge >= 0.3 is 0 Å². The van der Waals surface area contributed by atoms with E-state index in [1.165, 1.54) is 29.8 Å². The molecule has 1 aliphatic heterocycles. The maximum Gasteiger partial charge on any atom is 0.106 e. The first-order chi connectivity index (χ1) is 6.09. The number of fused-ring (bicyclic) bond motifs is 1. The van der Waals surface area contributed by atoms with Crippen LogP contribution in [-0.4, -0.2) is 11.5 Å². The van der Waals surface area contributed by atoms with Gasteiger partial charge in [-0.05, 0) is 29.4 Å². The molecule has 2 rings (SSSR count). The summed E-state index contributed by atoms with van der Waals surface area (Å²) >= 11 is 0. The van der Waals surface area contributed by atoms with Gasteiger partial charge in [-0.25, -0.2) is 0 Å². The molecule has 0 spiro atoms. The van der Waals surface area contributed by atoms with Crippen molar-refractivity contribution in [3.8, 4) is 0 Å². The summed E-state index contributed by atoms with van der Waals surface area (Å²) in [5.41, 5.74) is 3.23. The predicted octanol–water partition coefficient (Wildman–Crippen LogP) is 2.67. The molecule has 0 radical (unpaired) electrons. The van der Waals surface area contributed by atoms with Gasteiger partial charge in [0, 0.05) is 12.7 Å². The summed E-state index contributed by atoms with van der Waals surface area (Å²) in [6.07, 6.45) is 4.63. The van der Waals surface area contributed by atoms with Crippen molar-refractivity contribution < 1.29 is 0 Å². The van der Waals surface area contributed by atoms with Crippen molar-refractivity contribution in [2.24, 2.45) is 0 Å². The SMILES string of the molecule is CC(C)(C)c1c[nH]c2c1CCCN2. The second kappa shape index (κ2) is 2.79. The van der Waals surface area contributed by atoms with Gasteiger partial charge in [0.2, 0.25) is 0 Å². The number of H-pyrrole nitrogens is 1. The highest BCUT2D eigenvalue weighted by molar-refractivity contribution is 5.53. The highest BCUT2D eigenvalue weighted by Gasteiger charge is 2.23. The lowest BCUT2D eigenvalue weighted by Gasteiger charge is -2.22. The van der Waals surface area contributed by atoms with Gasteiger partial charge in [0.05, 0.1) is 0 Å². The van der Waals surface area contributed by atoms with Crippen molar-refractivity contribution in [3.05, 3.63) is 17.3 Å². The van der Waals surface area contributed by atoms with Gasteiger partial charge < -0.3 is 10.3 Å². The average Bonchev–Trinajstić information content (AvgIpc) is 2.45. The average molecular weight is 178 g/mol. The zero-order chi connectivity index (χ0) is 9.47. The Labute approximate surface area is 79.7 Å². The van der Waals surface area contributed by atoms with Crippen LogP contribution in [0.2, 0.25) is 0 Å². The number of hydrogen-bond donors (Lipinski definition) is 2. The molecule has 0 aromatic carbocycles. The quantitative estimate of drug-likeness (QED) is 0.628. The first-order valence-corrected chi connectivity index (χ1v) is 5.03. The molecule has 2 N–H and O–H groups in total. The number of aromatic amines is 1. The third-order valence-electron chi connectivity index (χ3n) is 2.70. The van der Waals surface area contributed by atoms with Gasteiger partial charge in [-0.1, -0.05) is 20.8 Å². The van der Waals surface area contributed by atoms with E-state index in [1.54, 1.807) is 0 Å². The Morgan fingerprint density at radius 2 is 2.08 bits per heavy atom. The summed E-state index contributed by atoms with van der Waals surface area (Å²) in [6, 6.07) is 0. The van der Waals surface area contributed by atoms with E-state index in [4.69, 9.17) is 0 Å². The van der Waals surface area contributed by atoms with Crippen molar-refractivity contribution in [3.63, 3.8) is 0 Å². The van der Waals surface area contributed by atoms with Gasteiger partial charge in [-0.15, -0.1) is 0 Å². The molecule has 72 valence electrons. The molecule has 0 saturated heterocycles. The van der Waals surface area contributed by atoms with E-state index < -0.39 is 0 Å². The van der Waals surface area contributed by atoms with Crippen LogP contribution in [0.3, 0.4) is 0 Å². The van der Waals surface area contributed by atoms with Crippen LogP contribution >= 0.6 is 0 Å². The van der Waals surface area contributed by atoms with Crippen LogP contribution in [0.25, 0.3) is 0 Å². The Balaban J connectivity index is 2.43. The normalized spacial score (nSPS) is 16.5. The predicted molar refractivity (Wildman–Crippen MR) is 56.3 cm³/mol. The molecule has 0 aliphatic carbocycles. The van der Waals surface area contributed by atoms with Gasteiger partial charge in [-0.3, -0.25) is 0 Å². The molecule has 1 aromatic rings. The Hall–Kier alpha value is -0.920. The maximum absolute atomic E-state index is 3.40. The fraction of sp³-hybridized carbons (Fsp3) is 0.636. The largest absolute Gasteiger partial charge is 0.371 e. The van der Waals surface area contributed by atoms with Crippen LogP contribution < -0.4 is 5.32 Å². The van der Waals surface area contributed by atoms with Crippen LogP contribution in [0.1, 0.15) is 38.3 Å². The fourth-order valence-electron chi connectivity index (χ4n) is 2.02. The Bertz CT molecular complexity index is 304. The molecule has 1 aromatic heterocycles. The number of aromatic nitrogens is 1. The molecule has 2 nitrogen and oxygen atoms in total. The van der Waals surface area contributed by atoms with E-state index in [0.717, 1.165) is 6.54 Å². The molecule has 0 amide bonds. The minimum absolute atomic E-state index is 0.267. The summed E-state index contributed by atoms with van der Waals surface area (Å²) in [6.45, 7) is 7.91. The lowest BCUT2D eigenvalue weighted by atomic mass is 9.84. The van der Waals surface area contributed by atoms with E-state index in [-0.39, 0.29) is 5.41 Å². The lowest BCUT2D eigenvalue weighted by Crippen LogP contribution is -2.16. The van der Waals surface area contributed by atoms with Gasteiger partial charge in [-0.2, -0.15) is 0 Å². The van der Waals surface area contributed by atoms with Crippen LogP contribution in [0, 0.1) is 0 Å². The molecule has 2 heterocycles. The van der Waals surface area contributed by atoms with Crippen LogP contribution in [0.15, 0.2) is 6.20 Å². The Morgan fingerprint density at radius 1 is 1.31 bits per heavy atom. The smallest absolute Gasteiger partial charge is 0.106 e. The monoisotopic (exact) mass is 178 g/mol. The molecular weight excluding hydrogens is 160 g/mol. The van der Waals surface area contributed by atoms with Gasteiger partial charge in [0.25, 0.3) is 0 Å². The van der Waals surface area contributed by atoms with Crippen molar-refractivity contribution in [1.82, 2.24) is 4.98 Å². The summed E-state index contributed by atoms with van der Waals surface area (Å²) in [5, 5.41) is 3.40. The first kappa shape index (κ1) is 8.67. The summed E-state index contributed by atoms with van der Waals surface area (Å²) < 4.78 is 0. The Morgan fingerprint density at radius 3 is 2.77 bits per heavy atom. The third-order valence-corrected chi connectivity index (χ3v) is 2.70. The van der Waals surface area contributed by atoms with Crippen molar-refractivity contribution in [2.75, 3.05) is 11.9 Å². The summed E-state index contributed by atoms with van der Waals surface area (Å²) in [5.74, 6) is 1.25. The van der Waals surface area contributed by atoms with Crippen LogP contribution in [-0.2, 0) is 11.8 Å². The number of nitrogens with one attached hydrogen (secondary N) is 2. The molecule has 0 fully saturated rings. The summed E-state index contributed by atoms with van der Waals surface area (Å²) in [4.78, 5) is 3.32. The van der Waals surface area contributed by atoms with E-state index in [0.29, 0.717) is 0 Å². The number of hydrogen-bond acceptors (Lipinski definition) is 1. The summed E-state index contributed by atoms with van der Waals surface area (Å²) in [7, 11) is 0. The van der Waals surface area contributed by atoms with Crippen LogP contribution in [0.4, 0.5) is 5.82 Å². The lowest BCUT2D eigenvalue weighted by molar-refractivity contribution is 0.582. The molecule has 0 unspecified atom stereocenters. The van der Waals surface area contributed by atoms with Crippen LogP contribution in [0.5, 0.6) is 0 Å². The molecule has 13 heavy (non-hydrogen) atoms. The van der Waals surface area contributed by atoms with Crippen molar-refractivity contribution in [1.29, 1.82) is 0 Å². The number of rotatable bonds is 0. The fourth-order valence-corrected chi connectivity index (χ4v) is 2.02. The van der Waals surface area contributed by atoms with E-state index in [2.05, 4.69) is 37.3 Å². The van der Waals surface area contributed by atoms with E-state index in [1.807, 2.05) is 0 Å². The minimum atomic E-state index is 0.267. The molecule has 1 aliphatic rings. The van der Waals surface area contributed by atoms with Gasteiger partial charge in [0.15, 0.2) is 0 Å². The minimum Gasteiger partial charge on any atom is -0.371 e. The highest BCUT2D eigenvalue weighted by Crippen LogP contribution is 2.32. The second-order valence-corrected chi connectivity index (χ2v) is 4.84. The Kier molecular flexibility index (Phi) is 1.86. The molecule has 0 atom stereocenters. The van der Waals surface area contributed by atoms with E-state index in [9.17, 15) is 0 Å². The number of anilines is 1. The zero-order valence-electron chi connectivity index (χ0n) is 8.70. The molecule has 0 bridgehead atoms. The second-order valence-electron chi connectivity index (χ2n) is 4.84. The van der Waals surface area contributed by atoms with Crippen molar-refractivity contribution >= 4 is 5.82 Å². The topological polar surface area (TPSA) is 27.8 Å². The molecule has 2 heteroatoms. The highest BCUT2D eigenvalue weighted by atomic mass is 15.0. The maximum atomic E-state index is 3.40. The standard InChI is InChI=1S/C11H18N2/c1-11(2,3)9-7-13-10-8(9)5-4-6-12-10/h7,12-13H,4-6H2,1-3H3. The van der Waals surface area contributed by atoms with Crippen molar-refractivity contribution in [2.45, 2.75) is 39.0 Å². The third kappa shape index (κ3) is 1.45.